The number of anilines is 1. The van der Waals surface area contributed by atoms with Crippen LogP contribution in [0.4, 0.5) is 5.69 Å². The van der Waals surface area contributed by atoms with Gasteiger partial charge in [0.2, 0.25) is 0 Å². The molecule has 1 amide bonds. The summed E-state index contributed by atoms with van der Waals surface area (Å²) in [6, 6.07) is 26.3. The van der Waals surface area contributed by atoms with Crippen molar-refractivity contribution in [2.24, 2.45) is 0 Å². The molecule has 3 heterocycles. The summed E-state index contributed by atoms with van der Waals surface area (Å²) in [5.41, 5.74) is 2.16. The van der Waals surface area contributed by atoms with Crippen LogP contribution >= 0.6 is 11.3 Å². The molecule has 39 heavy (non-hydrogen) atoms. The topological polar surface area (TPSA) is 58.0 Å². The second kappa shape index (κ2) is 13.6. The van der Waals surface area contributed by atoms with Crippen molar-refractivity contribution in [2.75, 3.05) is 38.1 Å². The SMILES string of the molecule is CNCCC(Oc1ccccc1CCN1CCC(N(C(=O)c2ccco2)c2ccccc2)CC1)c1cccs1. The quantitative estimate of drug-likeness (QED) is 0.223. The third-order valence-electron chi connectivity index (χ3n) is 7.36. The number of likely N-dealkylation sites (tertiary alicyclic amines) is 1. The van der Waals surface area contributed by atoms with Gasteiger partial charge in [-0.05, 0) is 80.2 Å². The predicted molar refractivity (Wildman–Crippen MR) is 158 cm³/mol. The minimum atomic E-state index is -0.0747. The molecule has 1 saturated heterocycles. The lowest BCUT2D eigenvalue weighted by atomic mass is 10.0. The van der Waals surface area contributed by atoms with Crippen molar-refractivity contribution in [3.05, 3.63) is 107 Å². The number of nitrogens with one attached hydrogen (secondary N) is 1. The summed E-state index contributed by atoms with van der Waals surface area (Å²) < 4.78 is 12.1. The van der Waals surface area contributed by atoms with Crippen molar-refractivity contribution in [1.29, 1.82) is 0 Å². The number of nitrogens with zero attached hydrogens (tertiary/aromatic N) is 2. The molecule has 2 aromatic carbocycles. The van der Waals surface area contributed by atoms with Gasteiger partial charge < -0.3 is 24.3 Å². The van der Waals surface area contributed by atoms with Crippen LogP contribution in [0.15, 0.2) is 94.9 Å². The van der Waals surface area contributed by atoms with Crippen LogP contribution in [0.5, 0.6) is 5.75 Å². The number of ether oxygens (including phenoxy) is 1. The highest BCUT2D eigenvalue weighted by Crippen LogP contribution is 2.31. The molecule has 1 N–H and O–H groups in total. The van der Waals surface area contributed by atoms with Crippen LogP contribution in [0.25, 0.3) is 0 Å². The van der Waals surface area contributed by atoms with E-state index in [9.17, 15) is 4.79 Å². The van der Waals surface area contributed by atoms with Crippen molar-refractivity contribution in [1.82, 2.24) is 10.2 Å². The number of hydrogen-bond donors (Lipinski definition) is 1. The van der Waals surface area contributed by atoms with E-state index >= 15 is 0 Å². The number of furan rings is 1. The number of hydrogen-bond acceptors (Lipinski definition) is 6. The maximum atomic E-state index is 13.4. The Kier molecular flexibility index (Phi) is 9.48. The Labute approximate surface area is 235 Å². The first-order valence-corrected chi connectivity index (χ1v) is 14.7. The standard InChI is InChI=1S/C32H37N3O3S/c1-33-19-15-29(31-14-8-24-39-31)38-28-12-6-5-9-25(28)16-20-34-21-17-27(18-22-34)35(26-10-3-2-4-11-26)32(36)30-13-7-23-37-30/h2-14,23-24,27,29,33H,15-22H2,1H3. The average molecular weight is 544 g/mol. The molecule has 1 aliphatic heterocycles. The van der Waals surface area contributed by atoms with Gasteiger partial charge in [0.05, 0.1) is 6.26 Å². The third-order valence-corrected chi connectivity index (χ3v) is 8.33. The zero-order valence-electron chi connectivity index (χ0n) is 22.5. The van der Waals surface area contributed by atoms with Crippen molar-refractivity contribution in [3.63, 3.8) is 0 Å². The fourth-order valence-corrected chi connectivity index (χ4v) is 6.06. The Balaban J connectivity index is 1.20. The fraction of sp³-hybridized carbons (Fsp3) is 0.344. The summed E-state index contributed by atoms with van der Waals surface area (Å²) in [4.78, 5) is 19.1. The van der Waals surface area contributed by atoms with Crippen molar-refractivity contribution in [2.45, 2.75) is 37.8 Å². The van der Waals surface area contributed by atoms with Crippen LogP contribution < -0.4 is 15.0 Å². The summed E-state index contributed by atoms with van der Waals surface area (Å²) in [5, 5.41) is 5.37. The summed E-state index contributed by atoms with van der Waals surface area (Å²) in [6.45, 7) is 3.76. The van der Waals surface area contributed by atoms with E-state index in [1.54, 1.807) is 29.7 Å². The van der Waals surface area contributed by atoms with Crippen LogP contribution in [0, 0.1) is 0 Å². The van der Waals surface area contributed by atoms with Crippen LogP contribution in [0.2, 0.25) is 0 Å². The second-order valence-electron chi connectivity index (χ2n) is 9.93. The number of rotatable bonds is 12. The van der Waals surface area contributed by atoms with Gasteiger partial charge in [0.25, 0.3) is 5.91 Å². The normalized spacial score (nSPS) is 15.2. The molecular formula is C32H37N3O3S. The molecule has 7 heteroatoms. The lowest BCUT2D eigenvalue weighted by molar-refractivity contribution is 0.0933. The minimum absolute atomic E-state index is 0.0463. The minimum Gasteiger partial charge on any atom is -0.485 e. The van der Waals surface area contributed by atoms with Crippen LogP contribution in [0.3, 0.4) is 0 Å². The highest BCUT2D eigenvalue weighted by Gasteiger charge is 2.31. The van der Waals surface area contributed by atoms with Gasteiger partial charge in [0.15, 0.2) is 5.76 Å². The van der Waals surface area contributed by atoms with Gasteiger partial charge in [0, 0.05) is 42.7 Å². The zero-order valence-corrected chi connectivity index (χ0v) is 23.3. The van der Waals surface area contributed by atoms with Gasteiger partial charge >= 0.3 is 0 Å². The highest BCUT2D eigenvalue weighted by atomic mass is 32.1. The monoisotopic (exact) mass is 543 g/mol. The number of thiophene rings is 1. The van der Waals surface area contributed by atoms with Gasteiger partial charge in [-0.1, -0.05) is 42.5 Å². The predicted octanol–water partition coefficient (Wildman–Crippen LogP) is 6.42. The van der Waals surface area contributed by atoms with E-state index in [0.29, 0.717) is 5.76 Å². The number of amides is 1. The summed E-state index contributed by atoms with van der Waals surface area (Å²) >= 11 is 1.75. The fourth-order valence-electron chi connectivity index (χ4n) is 5.27. The molecule has 1 fully saturated rings. The molecule has 5 rings (SSSR count). The van der Waals surface area contributed by atoms with Crippen molar-refractivity contribution < 1.29 is 13.9 Å². The van der Waals surface area contributed by atoms with Crippen LogP contribution in [0.1, 0.15) is 46.4 Å². The van der Waals surface area contributed by atoms with E-state index in [1.807, 2.05) is 42.3 Å². The van der Waals surface area contributed by atoms with E-state index in [1.165, 1.54) is 10.4 Å². The van der Waals surface area contributed by atoms with E-state index in [2.05, 4.69) is 52.0 Å². The van der Waals surface area contributed by atoms with E-state index in [4.69, 9.17) is 9.15 Å². The molecule has 1 aliphatic rings. The Morgan fingerprint density at radius 3 is 2.56 bits per heavy atom. The number of para-hydroxylation sites is 2. The molecule has 4 aromatic rings. The van der Waals surface area contributed by atoms with E-state index in [0.717, 1.165) is 63.3 Å². The molecule has 0 bridgehead atoms. The molecule has 0 saturated carbocycles. The molecule has 2 aromatic heterocycles. The molecule has 0 radical (unpaired) electrons. The first kappa shape index (κ1) is 27.2. The maximum absolute atomic E-state index is 13.4. The highest BCUT2D eigenvalue weighted by molar-refractivity contribution is 7.10. The van der Waals surface area contributed by atoms with Crippen LogP contribution in [-0.4, -0.2) is 50.1 Å². The summed E-state index contributed by atoms with van der Waals surface area (Å²) in [5.74, 6) is 1.28. The Hall–Kier alpha value is -3.39. The molecule has 0 aliphatic carbocycles. The molecule has 1 unspecified atom stereocenters. The van der Waals surface area contributed by atoms with Gasteiger partial charge in [0.1, 0.15) is 11.9 Å². The van der Waals surface area contributed by atoms with Crippen molar-refractivity contribution >= 4 is 22.9 Å². The lowest BCUT2D eigenvalue weighted by Crippen LogP contribution is -2.48. The number of benzene rings is 2. The third kappa shape index (κ3) is 6.98. The largest absolute Gasteiger partial charge is 0.485 e. The Morgan fingerprint density at radius 1 is 1.05 bits per heavy atom. The molecule has 6 nitrogen and oxygen atoms in total. The van der Waals surface area contributed by atoms with Crippen LogP contribution in [-0.2, 0) is 6.42 Å². The molecule has 204 valence electrons. The molecule has 0 spiro atoms. The van der Waals surface area contributed by atoms with Crippen molar-refractivity contribution in [3.8, 4) is 5.75 Å². The number of carbonyl (C=O) groups is 1. The average Bonchev–Trinajstić information content (AvgIpc) is 3.72. The Bertz CT molecular complexity index is 1270. The molecular weight excluding hydrogens is 506 g/mol. The second-order valence-corrected chi connectivity index (χ2v) is 10.9. The lowest BCUT2D eigenvalue weighted by Gasteiger charge is -2.38. The molecule has 1 atom stereocenters. The van der Waals surface area contributed by atoms with Gasteiger partial charge in [-0.2, -0.15) is 0 Å². The van der Waals surface area contributed by atoms with E-state index in [-0.39, 0.29) is 18.1 Å². The Morgan fingerprint density at radius 2 is 1.85 bits per heavy atom. The summed E-state index contributed by atoms with van der Waals surface area (Å²) in [6.07, 6.45) is 5.30. The number of piperidine rings is 1. The van der Waals surface area contributed by atoms with E-state index < -0.39 is 0 Å². The zero-order chi connectivity index (χ0) is 26.9. The van der Waals surface area contributed by atoms with Gasteiger partial charge in [-0.25, -0.2) is 0 Å². The summed E-state index contributed by atoms with van der Waals surface area (Å²) in [7, 11) is 1.98. The first-order valence-electron chi connectivity index (χ1n) is 13.8. The number of carbonyl (C=O) groups excluding carboxylic acids is 1. The first-order chi connectivity index (χ1) is 19.2. The maximum Gasteiger partial charge on any atom is 0.294 e. The van der Waals surface area contributed by atoms with Gasteiger partial charge in [-0.3, -0.25) is 4.79 Å². The van der Waals surface area contributed by atoms with Gasteiger partial charge in [-0.15, -0.1) is 11.3 Å². The smallest absolute Gasteiger partial charge is 0.294 e.